The lowest BCUT2D eigenvalue weighted by molar-refractivity contribution is -0.138. The molecular formula is C11H5F3N4OS. The Morgan fingerprint density at radius 1 is 1.35 bits per heavy atom. The maximum atomic E-state index is 12.3. The fraction of sp³-hybridized carbons (Fsp3) is 0.0909. The van der Waals surface area contributed by atoms with Crippen LogP contribution in [-0.4, -0.2) is 16.1 Å². The minimum Gasteiger partial charge on any atom is -0.296 e. The zero-order chi connectivity index (χ0) is 14.8. The van der Waals surface area contributed by atoms with Crippen LogP contribution in [0.1, 0.15) is 20.9 Å². The number of nitriles is 1. The highest BCUT2D eigenvalue weighted by atomic mass is 32.1. The summed E-state index contributed by atoms with van der Waals surface area (Å²) in [6.45, 7) is 0. The predicted molar refractivity (Wildman–Crippen MR) is 64.0 cm³/mol. The number of benzene rings is 1. The SMILES string of the molecule is N#Cc1cccc(C(=O)Nc2nnc(C(F)(F)F)s2)c1. The zero-order valence-corrected chi connectivity index (χ0v) is 10.4. The van der Waals surface area contributed by atoms with Crippen LogP contribution in [0.15, 0.2) is 24.3 Å². The van der Waals surface area contributed by atoms with Crippen molar-refractivity contribution in [2.45, 2.75) is 6.18 Å². The van der Waals surface area contributed by atoms with Gasteiger partial charge in [0.05, 0.1) is 11.6 Å². The highest BCUT2D eigenvalue weighted by Crippen LogP contribution is 2.33. The van der Waals surface area contributed by atoms with Gasteiger partial charge in [0.1, 0.15) is 0 Å². The van der Waals surface area contributed by atoms with Crippen molar-refractivity contribution in [2.75, 3.05) is 5.32 Å². The summed E-state index contributed by atoms with van der Waals surface area (Å²) in [5, 5.41) is 15.7. The van der Waals surface area contributed by atoms with E-state index in [1.807, 2.05) is 6.07 Å². The van der Waals surface area contributed by atoms with Gasteiger partial charge < -0.3 is 0 Å². The van der Waals surface area contributed by atoms with E-state index in [2.05, 4.69) is 15.5 Å². The molecule has 2 aromatic rings. The first-order valence-electron chi connectivity index (χ1n) is 5.12. The molecule has 9 heteroatoms. The molecule has 20 heavy (non-hydrogen) atoms. The molecule has 0 atom stereocenters. The molecule has 102 valence electrons. The Bertz CT molecular complexity index is 689. The number of nitrogens with zero attached hydrogens (tertiary/aromatic N) is 3. The van der Waals surface area contributed by atoms with Gasteiger partial charge in [-0.15, -0.1) is 10.2 Å². The van der Waals surface area contributed by atoms with E-state index < -0.39 is 17.1 Å². The summed E-state index contributed by atoms with van der Waals surface area (Å²) >= 11 is 0.229. The molecule has 1 heterocycles. The first-order chi connectivity index (χ1) is 9.40. The smallest absolute Gasteiger partial charge is 0.296 e. The van der Waals surface area contributed by atoms with E-state index in [1.54, 1.807) is 0 Å². The number of halogens is 3. The van der Waals surface area contributed by atoms with Crippen molar-refractivity contribution >= 4 is 22.4 Å². The number of nitrogens with one attached hydrogen (secondary N) is 1. The van der Waals surface area contributed by atoms with E-state index in [1.165, 1.54) is 24.3 Å². The van der Waals surface area contributed by atoms with Gasteiger partial charge in [-0.2, -0.15) is 18.4 Å². The molecule has 5 nitrogen and oxygen atoms in total. The Morgan fingerprint density at radius 2 is 2.10 bits per heavy atom. The van der Waals surface area contributed by atoms with E-state index in [0.717, 1.165) is 0 Å². The third kappa shape index (κ3) is 3.10. The van der Waals surface area contributed by atoms with Crippen molar-refractivity contribution in [1.29, 1.82) is 5.26 Å². The summed E-state index contributed by atoms with van der Waals surface area (Å²) in [6, 6.07) is 7.61. The van der Waals surface area contributed by atoms with Gasteiger partial charge in [-0.05, 0) is 18.2 Å². The van der Waals surface area contributed by atoms with Crippen LogP contribution in [-0.2, 0) is 6.18 Å². The average Bonchev–Trinajstić information content (AvgIpc) is 2.87. The lowest BCUT2D eigenvalue weighted by Gasteiger charge is -2.01. The first-order valence-corrected chi connectivity index (χ1v) is 5.94. The minimum atomic E-state index is -4.60. The van der Waals surface area contributed by atoms with Crippen LogP contribution >= 0.6 is 11.3 Å². The van der Waals surface area contributed by atoms with Crippen molar-refractivity contribution in [1.82, 2.24) is 10.2 Å². The van der Waals surface area contributed by atoms with Gasteiger partial charge in [-0.3, -0.25) is 10.1 Å². The number of aromatic nitrogens is 2. The summed E-state index contributed by atoms with van der Waals surface area (Å²) in [5.74, 6) is -0.660. The highest BCUT2D eigenvalue weighted by Gasteiger charge is 2.35. The van der Waals surface area contributed by atoms with Gasteiger partial charge in [0.15, 0.2) is 0 Å². The van der Waals surface area contributed by atoms with Crippen molar-refractivity contribution in [3.05, 3.63) is 40.4 Å². The molecule has 0 bridgehead atoms. The number of alkyl halides is 3. The normalized spacial score (nSPS) is 10.9. The quantitative estimate of drug-likeness (QED) is 0.924. The molecule has 0 unspecified atom stereocenters. The van der Waals surface area contributed by atoms with Gasteiger partial charge >= 0.3 is 6.18 Å². The van der Waals surface area contributed by atoms with Crippen LogP contribution in [0.2, 0.25) is 0 Å². The number of amides is 1. The lowest BCUT2D eigenvalue weighted by atomic mass is 10.1. The molecule has 0 aliphatic heterocycles. The largest absolute Gasteiger partial charge is 0.445 e. The molecule has 1 N–H and O–H groups in total. The minimum absolute atomic E-state index is 0.146. The molecule has 1 aromatic heterocycles. The Hall–Kier alpha value is -2.47. The standard InChI is InChI=1S/C11H5F3N4OS/c12-11(13,14)9-17-18-10(20-9)16-8(19)7-3-1-2-6(4-7)5-15/h1-4H,(H,16,18,19). The maximum absolute atomic E-state index is 12.3. The predicted octanol–water partition coefficient (Wildman–Crippen LogP) is 2.68. The van der Waals surface area contributed by atoms with E-state index in [-0.39, 0.29) is 27.6 Å². The fourth-order valence-corrected chi connectivity index (χ4v) is 1.89. The third-order valence-electron chi connectivity index (χ3n) is 2.14. The molecule has 0 aliphatic carbocycles. The van der Waals surface area contributed by atoms with E-state index in [0.29, 0.717) is 0 Å². The molecule has 1 aromatic carbocycles. The second-order valence-electron chi connectivity index (χ2n) is 3.56. The molecular weight excluding hydrogens is 293 g/mol. The van der Waals surface area contributed by atoms with Crippen molar-refractivity contribution in [2.24, 2.45) is 0 Å². The topological polar surface area (TPSA) is 78.7 Å². The van der Waals surface area contributed by atoms with Crippen LogP contribution in [0.25, 0.3) is 0 Å². The summed E-state index contributed by atoms with van der Waals surface area (Å²) in [7, 11) is 0. The lowest BCUT2D eigenvalue weighted by Crippen LogP contribution is -2.11. The highest BCUT2D eigenvalue weighted by molar-refractivity contribution is 7.15. The number of carbonyl (C=O) groups is 1. The monoisotopic (exact) mass is 298 g/mol. The van der Waals surface area contributed by atoms with Gasteiger partial charge in [-0.25, -0.2) is 0 Å². The molecule has 2 rings (SSSR count). The number of rotatable bonds is 2. The Morgan fingerprint density at radius 3 is 2.70 bits per heavy atom. The van der Waals surface area contributed by atoms with Crippen LogP contribution in [0.5, 0.6) is 0 Å². The summed E-state index contributed by atoms with van der Waals surface area (Å²) in [4.78, 5) is 11.8. The Labute approximate surface area is 114 Å². The summed E-state index contributed by atoms with van der Waals surface area (Å²) in [5.41, 5.74) is 0.415. The molecule has 0 spiro atoms. The van der Waals surface area contributed by atoms with Crippen molar-refractivity contribution < 1.29 is 18.0 Å². The van der Waals surface area contributed by atoms with Crippen LogP contribution < -0.4 is 5.32 Å². The van der Waals surface area contributed by atoms with Gasteiger partial charge in [0.2, 0.25) is 10.1 Å². The third-order valence-corrected chi connectivity index (χ3v) is 3.03. The molecule has 0 saturated heterocycles. The van der Waals surface area contributed by atoms with E-state index >= 15 is 0 Å². The summed E-state index contributed by atoms with van der Waals surface area (Å²) in [6.07, 6.45) is -4.60. The molecule has 0 radical (unpaired) electrons. The fourth-order valence-electron chi connectivity index (χ4n) is 1.29. The van der Waals surface area contributed by atoms with Crippen LogP contribution in [0.3, 0.4) is 0 Å². The number of hydrogen-bond donors (Lipinski definition) is 1. The molecule has 0 fully saturated rings. The average molecular weight is 298 g/mol. The van der Waals surface area contributed by atoms with Gasteiger partial charge in [0, 0.05) is 5.56 Å². The zero-order valence-electron chi connectivity index (χ0n) is 9.60. The Balaban J connectivity index is 2.16. The summed E-state index contributed by atoms with van der Waals surface area (Å²) < 4.78 is 37.0. The molecule has 1 amide bonds. The molecule has 0 aliphatic rings. The van der Waals surface area contributed by atoms with Crippen LogP contribution in [0.4, 0.5) is 18.3 Å². The van der Waals surface area contributed by atoms with Crippen LogP contribution in [0, 0.1) is 11.3 Å². The van der Waals surface area contributed by atoms with E-state index in [4.69, 9.17) is 5.26 Å². The van der Waals surface area contributed by atoms with E-state index in [9.17, 15) is 18.0 Å². The maximum Gasteiger partial charge on any atom is 0.445 e. The van der Waals surface area contributed by atoms with Crippen molar-refractivity contribution in [3.63, 3.8) is 0 Å². The second kappa shape index (κ2) is 5.26. The number of anilines is 1. The van der Waals surface area contributed by atoms with Crippen molar-refractivity contribution in [3.8, 4) is 6.07 Å². The number of carbonyl (C=O) groups excluding carboxylic acids is 1. The Kier molecular flexibility index (Phi) is 3.67. The first kappa shape index (κ1) is 14.0. The van der Waals surface area contributed by atoms with Gasteiger partial charge in [-0.1, -0.05) is 17.4 Å². The van der Waals surface area contributed by atoms with Gasteiger partial charge in [0.25, 0.3) is 5.91 Å². The molecule has 0 saturated carbocycles. The number of hydrogen-bond acceptors (Lipinski definition) is 5. The second-order valence-corrected chi connectivity index (χ2v) is 4.53.